The molecule has 3 rings (SSSR count). The van der Waals surface area contributed by atoms with Gasteiger partial charge in [-0.15, -0.1) is 0 Å². The van der Waals surface area contributed by atoms with Crippen molar-refractivity contribution in [1.29, 1.82) is 0 Å². The van der Waals surface area contributed by atoms with Crippen LogP contribution >= 0.6 is 11.3 Å². The summed E-state index contributed by atoms with van der Waals surface area (Å²) in [4.78, 5) is 13.2. The zero-order chi connectivity index (χ0) is 25.4. The third-order valence-corrected chi connectivity index (χ3v) is 7.35. The first kappa shape index (κ1) is 26.2. The Morgan fingerprint density at radius 2 is 1.59 bits per heavy atom. The maximum atomic E-state index is 12.6. The lowest BCUT2D eigenvalue weighted by Gasteiger charge is -2.26. The van der Waals surface area contributed by atoms with Gasteiger partial charge in [0, 0.05) is 12.5 Å². The number of nitrogens with zero attached hydrogens (tertiary/aromatic N) is 1. The van der Waals surface area contributed by atoms with Crippen molar-refractivity contribution in [3.05, 3.63) is 69.2 Å². The third-order valence-electron chi connectivity index (χ3n) is 6.33. The highest BCUT2D eigenvalue weighted by Gasteiger charge is 2.30. The lowest BCUT2D eigenvalue weighted by molar-refractivity contribution is -0.597. The number of thiazole rings is 1. The van der Waals surface area contributed by atoms with Gasteiger partial charge >= 0.3 is 5.97 Å². The van der Waals surface area contributed by atoms with Crippen molar-refractivity contribution in [2.75, 3.05) is 6.61 Å². The van der Waals surface area contributed by atoms with E-state index in [-0.39, 0.29) is 16.8 Å². The topological polar surface area (TPSA) is 30.2 Å². The minimum Gasteiger partial charge on any atom is -0.462 e. The molecule has 3 aromatic rings. The average molecular weight is 479 g/mol. The van der Waals surface area contributed by atoms with Crippen LogP contribution in [0.4, 0.5) is 0 Å². The zero-order valence-electron chi connectivity index (χ0n) is 22.5. The fourth-order valence-electron chi connectivity index (χ4n) is 4.17. The highest BCUT2D eigenvalue weighted by atomic mass is 32.1. The first-order valence-electron chi connectivity index (χ1n) is 12.2. The number of aromatic nitrogens is 1. The molecule has 0 radical (unpaired) electrons. The van der Waals surface area contributed by atoms with Crippen LogP contribution in [0.2, 0.25) is 0 Å². The monoisotopic (exact) mass is 478 g/mol. The SMILES string of the molecule is CCOC(=O)c1sc[n+](-c2c(-c3cc(C(C)(C)C)cc(C(C)(C)C)c3)cccc2C(C)C)c1C. The van der Waals surface area contributed by atoms with Crippen LogP contribution in [0.15, 0.2) is 41.9 Å². The zero-order valence-corrected chi connectivity index (χ0v) is 23.3. The lowest BCUT2D eigenvalue weighted by Crippen LogP contribution is -2.34. The first-order valence-corrected chi connectivity index (χ1v) is 13.1. The van der Waals surface area contributed by atoms with E-state index in [1.165, 1.54) is 39.2 Å². The Kier molecular flexibility index (Phi) is 7.43. The molecule has 0 aliphatic carbocycles. The largest absolute Gasteiger partial charge is 0.462 e. The van der Waals surface area contributed by atoms with Gasteiger partial charge in [0.2, 0.25) is 16.9 Å². The molecule has 0 bridgehead atoms. The maximum Gasteiger partial charge on any atom is 0.355 e. The van der Waals surface area contributed by atoms with E-state index in [1.54, 1.807) is 0 Å². The summed E-state index contributed by atoms with van der Waals surface area (Å²) < 4.78 is 7.50. The van der Waals surface area contributed by atoms with Gasteiger partial charge < -0.3 is 4.74 Å². The molecule has 0 amide bonds. The molecule has 0 saturated carbocycles. The molecule has 0 unspecified atom stereocenters. The number of hydrogen-bond acceptors (Lipinski definition) is 3. The molecule has 34 heavy (non-hydrogen) atoms. The predicted molar refractivity (Wildman–Crippen MR) is 143 cm³/mol. The number of carbonyl (C=O) groups excluding carboxylic acids is 1. The molecule has 0 spiro atoms. The van der Waals surface area contributed by atoms with Gasteiger partial charge in [-0.1, -0.05) is 97.1 Å². The molecule has 4 heteroatoms. The van der Waals surface area contributed by atoms with Gasteiger partial charge in [0.25, 0.3) is 0 Å². The van der Waals surface area contributed by atoms with Crippen LogP contribution in [-0.4, -0.2) is 12.6 Å². The van der Waals surface area contributed by atoms with Crippen molar-refractivity contribution < 1.29 is 14.1 Å². The second-order valence-electron chi connectivity index (χ2n) is 11.4. The lowest BCUT2D eigenvalue weighted by atomic mass is 9.78. The summed E-state index contributed by atoms with van der Waals surface area (Å²) in [5.74, 6) is 0.0813. The summed E-state index contributed by atoms with van der Waals surface area (Å²) in [6.07, 6.45) is 0. The second kappa shape index (κ2) is 9.65. The molecule has 1 heterocycles. The van der Waals surface area contributed by atoms with Crippen molar-refractivity contribution in [2.24, 2.45) is 0 Å². The van der Waals surface area contributed by atoms with Gasteiger partial charge in [0.05, 0.1) is 12.2 Å². The summed E-state index contributed by atoms with van der Waals surface area (Å²) in [5, 5.41) is 0. The van der Waals surface area contributed by atoms with Crippen LogP contribution in [-0.2, 0) is 15.6 Å². The van der Waals surface area contributed by atoms with Crippen LogP contribution in [0.3, 0.4) is 0 Å². The Hall–Kier alpha value is -2.46. The minimum atomic E-state index is -0.253. The molecular formula is C30H40NO2S+. The summed E-state index contributed by atoms with van der Waals surface area (Å²) in [6, 6.07) is 13.6. The van der Waals surface area contributed by atoms with Crippen LogP contribution in [0.25, 0.3) is 16.8 Å². The number of benzene rings is 2. The summed E-state index contributed by atoms with van der Waals surface area (Å²) in [6.45, 7) is 22.3. The number of ether oxygens (including phenoxy) is 1. The molecule has 0 fully saturated rings. The smallest absolute Gasteiger partial charge is 0.355 e. The second-order valence-corrected chi connectivity index (χ2v) is 12.3. The fraction of sp³-hybridized carbons (Fsp3) is 0.467. The van der Waals surface area contributed by atoms with E-state index in [4.69, 9.17) is 4.74 Å². The molecular weight excluding hydrogens is 438 g/mol. The fourth-order valence-corrected chi connectivity index (χ4v) is 5.07. The molecule has 0 aliphatic rings. The number of carbonyl (C=O) groups is 1. The molecule has 0 N–H and O–H groups in total. The number of esters is 1. The summed E-state index contributed by atoms with van der Waals surface area (Å²) >= 11 is 1.45. The van der Waals surface area contributed by atoms with Gasteiger partial charge in [-0.2, -0.15) is 4.57 Å². The molecule has 2 aromatic carbocycles. The number of para-hydroxylation sites is 1. The van der Waals surface area contributed by atoms with E-state index >= 15 is 0 Å². The van der Waals surface area contributed by atoms with Gasteiger partial charge in [-0.25, -0.2) is 4.79 Å². The van der Waals surface area contributed by atoms with Crippen molar-refractivity contribution in [1.82, 2.24) is 0 Å². The molecule has 0 saturated heterocycles. The van der Waals surface area contributed by atoms with Gasteiger partial charge in [-0.05, 0) is 46.4 Å². The van der Waals surface area contributed by atoms with E-state index in [9.17, 15) is 4.79 Å². The van der Waals surface area contributed by atoms with Crippen molar-refractivity contribution in [3.63, 3.8) is 0 Å². The van der Waals surface area contributed by atoms with Crippen LogP contribution < -0.4 is 4.57 Å². The van der Waals surface area contributed by atoms with Crippen LogP contribution in [0.1, 0.15) is 100 Å². The number of rotatable bonds is 5. The first-order chi connectivity index (χ1) is 15.8. The number of hydrogen-bond donors (Lipinski definition) is 0. The maximum absolute atomic E-state index is 12.6. The molecule has 0 atom stereocenters. The molecule has 182 valence electrons. The summed E-state index contributed by atoms with van der Waals surface area (Å²) in [7, 11) is 0. The van der Waals surface area contributed by atoms with E-state index in [2.05, 4.69) is 96.4 Å². The van der Waals surface area contributed by atoms with Gasteiger partial charge in [0.15, 0.2) is 4.88 Å². The highest BCUT2D eigenvalue weighted by Crippen LogP contribution is 2.37. The third kappa shape index (κ3) is 5.27. The Labute approximate surface area is 209 Å². The van der Waals surface area contributed by atoms with Gasteiger partial charge in [0.1, 0.15) is 0 Å². The van der Waals surface area contributed by atoms with E-state index in [1.807, 2.05) is 19.4 Å². The van der Waals surface area contributed by atoms with Crippen LogP contribution in [0.5, 0.6) is 0 Å². The normalized spacial score (nSPS) is 12.3. The molecule has 0 aliphatic heterocycles. The van der Waals surface area contributed by atoms with Crippen molar-refractivity contribution in [2.45, 2.75) is 86.0 Å². The van der Waals surface area contributed by atoms with Crippen molar-refractivity contribution in [3.8, 4) is 16.8 Å². The Bertz CT molecular complexity index is 1160. The van der Waals surface area contributed by atoms with E-state index < -0.39 is 0 Å². The standard InChI is InChI=1S/C30H40NO2S/c1-11-33-28(32)27-20(4)31(18-34-27)26-24(19(2)3)13-12-14-25(26)21-15-22(29(5,6)7)17-23(16-21)30(8,9)10/h12-19H,11H2,1-10H3/q+1. The van der Waals surface area contributed by atoms with Crippen molar-refractivity contribution >= 4 is 17.3 Å². The average Bonchev–Trinajstić information content (AvgIpc) is 3.12. The predicted octanol–water partition coefficient (Wildman–Crippen LogP) is 7.90. The van der Waals surface area contributed by atoms with Gasteiger partial charge in [-0.3, -0.25) is 0 Å². The van der Waals surface area contributed by atoms with Crippen LogP contribution in [0, 0.1) is 6.92 Å². The highest BCUT2D eigenvalue weighted by molar-refractivity contribution is 7.11. The summed E-state index contributed by atoms with van der Waals surface area (Å²) in [5.41, 5.74) is 10.5. The Morgan fingerprint density at radius 1 is 1.00 bits per heavy atom. The molecule has 3 nitrogen and oxygen atoms in total. The van der Waals surface area contributed by atoms with E-state index in [0.29, 0.717) is 17.4 Å². The minimum absolute atomic E-state index is 0.0361. The Morgan fingerprint density at radius 3 is 2.09 bits per heavy atom. The van der Waals surface area contributed by atoms with E-state index in [0.717, 1.165) is 11.4 Å². The quantitative estimate of drug-likeness (QED) is 0.276. The molecule has 1 aromatic heterocycles. The Balaban J connectivity index is 2.35.